The minimum atomic E-state index is -1.03. The molecule has 0 spiro atoms. The highest BCUT2D eigenvalue weighted by molar-refractivity contribution is 7.85. The first-order valence-corrected chi connectivity index (χ1v) is 6.17. The van der Waals surface area contributed by atoms with Gasteiger partial charge in [0.2, 0.25) is 0 Å². The second-order valence-electron chi connectivity index (χ2n) is 2.87. The van der Waals surface area contributed by atoms with Crippen LogP contribution in [-0.2, 0) is 11.0 Å². The number of allylic oxidation sites excluding steroid dienone is 1. The Morgan fingerprint density at radius 3 is 2.50 bits per heavy atom. The lowest BCUT2D eigenvalue weighted by atomic mass is 10.1. The number of benzene rings is 1. The number of anilines is 1. The molecule has 1 aromatic rings. The van der Waals surface area contributed by atoms with Crippen LogP contribution in [0.3, 0.4) is 0 Å². The number of alkyl halides is 1. The summed E-state index contributed by atoms with van der Waals surface area (Å²) >= 11 is 5.65. The molecule has 2 nitrogen and oxygen atoms in total. The molecule has 0 aliphatic carbocycles. The molecule has 1 aromatic carbocycles. The largest absolute Gasteiger partial charge is 0.305 e. The van der Waals surface area contributed by atoms with E-state index in [1.54, 1.807) is 6.26 Å². The Hall–Kier alpha value is -0.800. The van der Waals surface area contributed by atoms with E-state index < -0.39 is 11.0 Å². The zero-order valence-electron chi connectivity index (χ0n) is 7.92. The first-order valence-electron chi connectivity index (χ1n) is 4.07. The first kappa shape index (κ1) is 11.3. The van der Waals surface area contributed by atoms with Gasteiger partial charge in [-0.25, -0.2) is 4.21 Å². The molecule has 14 heavy (non-hydrogen) atoms. The first-order chi connectivity index (χ1) is 6.63. The fourth-order valence-corrected chi connectivity index (χ4v) is 1.64. The molecule has 1 unspecified atom stereocenters. The molecule has 0 heterocycles. The lowest BCUT2D eigenvalue weighted by Gasteiger charge is -2.04. The summed E-state index contributed by atoms with van der Waals surface area (Å²) in [5, 5.41) is 0. The van der Waals surface area contributed by atoms with Crippen molar-refractivity contribution in [3.8, 4) is 0 Å². The molecule has 0 aromatic heterocycles. The molecule has 0 amide bonds. The maximum Gasteiger partial charge on any atom is 0.113 e. The summed E-state index contributed by atoms with van der Waals surface area (Å²) in [6.45, 7) is 3.82. The lowest BCUT2D eigenvalue weighted by Crippen LogP contribution is -2.00. The van der Waals surface area contributed by atoms with Gasteiger partial charge in [-0.3, -0.25) is 0 Å². The van der Waals surface area contributed by atoms with E-state index in [1.165, 1.54) is 0 Å². The Morgan fingerprint density at radius 1 is 1.50 bits per heavy atom. The lowest BCUT2D eigenvalue weighted by molar-refractivity contribution is 0.690. The molecule has 1 rings (SSSR count). The van der Waals surface area contributed by atoms with Gasteiger partial charge in [0.05, 0.1) is 0 Å². The number of hydrogen-bond acceptors (Lipinski definition) is 1. The van der Waals surface area contributed by atoms with E-state index in [0.29, 0.717) is 5.88 Å². The summed E-state index contributed by atoms with van der Waals surface area (Å²) in [6.07, 6.45) is 1.59. The van der Waals surface area contributed by atoms with Gasteiger partial charge in [-0.2, -0.15) is 0 Å². The zero-order chi connectivity index (χ0) is 10.6. The fourth-order valence-electron chi connectivity index (χ4n) is 1.02. The Balaban J connectivity index is 2.78. The van der Waals surface area contributed by atoms with Gasteiger partial charge in [-0.05, 0) is 23.3 Å². The Morgan fingerprint density at radius 2 is 2.07 bits per heavy atom. The Labute approximate surface area is 91.6 Å². The molecule has 0 radical (unpaired) electrons. The Kier molecular flexibility index (Phi) is 4.17. The predicted molar refractivity (Wildman–Crippen MR) is 63.9 cm³/mol. The van der Waals surface area contributed by atoms with Crippen molar-refractivity contribution in [1.29, 1.82) is 0 Å². The molecule has 0 aliphatic rings. The molecule has 76 valence electrons. The van der Waals surface area contributed by atoms with Gasteiger partial charge < -0.3 is 4.72 Å². The number of hydrogen-bond donors (Lipinski definition) is 1. The van der Waals surface area contributed by atoms with E-state index >= 15 is 0 Å². The minimum absolute atomic E-state index is 0.423. The molecule has 1 N–H and O–H groups in total. The summed E-state index contributed by atoms with van der Waals surface area (Å²) in [5.74, 6) is 0.423. The van der Waals surface area contributed by atoms with Crippen molar-refractivity contribution in [1.82, 2.24) is 0 Å². The fraction of sp³-hybridized carbons (Fsp3) is 0.200. The molecule has 4 heteroatoms. The monoisotopic (exact) mass is 229 g/mol. The van der Waals surface area contributed by atoms with Crippen molar-refractivity contribution in [3.63, 3.8) is 0 Å². The highest BCUT2D eigenvalue weighted by atomic mass is 35.5. The molecule has 1 atom stereocenters. The Bertz CT molecular complexity index is 348. The maximum absolute atomic E-state index is 10.8. The van der Waals surface area contributed by atoms with Crippen LogP contribution in [0.5, 0.6) is 0 Å². The third-order valence-electron chi connectivity index (χ3n) is 1.72. The van der Waals surface area contributed by atoms with Crippen LogP contribution in [0.1, 0.15) is 5.56 Å². The van der Waals surface area contributed by atoms with Crippen molar-refractivity contribution < 1.29 is 4.21 Å². The summed E-state index contributed by atoms with van der Waals surface area (Å²) in [7, 11) is -1.03. The smallest absolute Gasteiger partial charge is 0.113 e. The van der Waals surface area contributed by atoms with Crippen LogP contribution in [0.2, 0.25) is 0 Å². The zero-order valence-corrected chi connectivity index (χ0v) is 9.49. The quantitative estimate of drug-likeness (QED) is 0.791. The van der Waals surface area contributed by atoms with Gasteiger partial charge in [0.15, 0.2) is 0 Å². The van der Waals surface area contributed by atoms with E-state index in [4.69, 9.17) is 11.6 Å². The normalized spacial score (nSPS) is 12.1. The van der Waals surface area contributed by atoms with E-state index in [-0.39, 0.29) is 0 Å². The molecular weight excluding hydrogens is 218 g/mol. The molecule has 0 fully saturated rings. The van der Waals surface area contributed by atoms with Crippen molar-refractivity contribution in [2.45, 2.75) is 0 Å². The van der Waals surface area contributed by atoms with E-state index in [0.717, 1.165) is 16.8 Å². The van der Waals surface area contributed by atoms with Gasteiger partial charge in [-0.15, -0.1) is 11.6 Å². The van der Waals surface area contributed by atoms with Gasteiger partial charge in [0.25, 0.3) is 0 Å². The van der Waals surface area contributed by atoms with Gasteiger partial charge in [0.1, 0.15) is 11.0 Å². The van der Waals surface area contributed by atoms with Crippen LogP contribution < -0.4 is 4.72 Å². The maximum atomic E-state index is 10.8. The van der Waals surface area contributed by atoms with Crippen molar-refractivity contribution in [2.24, 2.45) is 0 Å². The van der Waals surface area contributed by atoms with Crippen LogP contribution in [0.15, 0.2) is 30.8 Å². The average Bonchev–Trinajstić information content (AvgIpc) is 2.17. The second kappa shape index (κ2) is 5.17. The third kappa shape index (κ3) is 3.16. The van der Waals surface area contributed by atoms with Gasteiger partial charge in [0, 0.05) is 17.8 Å². The van der Waals surface area contributed by atoms with E-state index in [2.05, 4.69) is 11.3 Å². The summed E-state index contributed by atoms with van der Waals surface area (Å²) < 4.78 is 13.6. The molecule has 0 aliphatic heterocycles. The third-order valence-corrected chi connectivity index (χ3v) is 2.56. The molecular formula is C10H12ClNOS. The van der Waals surface area contributed by atoms with Crippen LogP contribution in [0, 0.1) is 0 Å². The SMILES string of the molecule is C=C(CCl)c1ccc(NS(C)=O)cc1. The summed E-state index contributed by atoms with van der Waals surface area (Å²) in [5.41, 5.74) is 2.72. The number of nitrogens with one attached hydrogen (secondary N) is 1. The van der Waals surface area contributed by atoms with Crippen LogP contribution in [-0.4, -0.2) is 16.3 Å². The highest BCUT2D eigenvalue weighted by Gasteiger charge is 1.98. The van der Waals surface area contributed by atoms with Gasteiger partial charge >= 0.3 is 0 Å². The van der Waals surface area contributed by atoms with E-state index in [1.807, 2.05) is 24.3 Å². The average molecular weight is 230 g/mol. The number of rotatable bonds is 4. The van der Waals surface area contributed by atoms with Crippen molar-refractivity contribution >= 4 is 33.8 Å². The van der Waals surface area contributed by atoms with Crippen molar-refractivity contribution in [3.05, 3.63) is 36.4 Å². The van der Waals surface area contributed by atoms with Crippen LogP contribution in [0.25, 0.3) is 5.57 Å². The highest BCUT2D eigenvalue weighted by Crippen LogP contribution is 2.17. The minimum Gasteiger partial charge on any atom is -0.305 e. The number of halogens is 1. The second-order valence-corrected chi connectivity index (χ2v) is 4.25. The van der Waals surface area contributed by atoms with E-state index in [9.17, 15) is 4.21 Å². The van der Waals surface area contributed by atoms with Crippen LogP contribution >= 0.6 is 11.6 Å². The summed E-state index contributed by atoms with van der Waals surface area (Å²) in [4.78, 5) is 0. The predicted octanol–water partition coefficient (Wildman–Crippen LogP) is 2.64. The standard InChI is InChI=1S/C10H12ClNOS/c1-8(7-11)9-3-5-10(6-4-9)12-14(2)13/h3-6,12H,1,7H2,2H3. The summed E-state index contributed by atoms with van der Waals surface area (Å²) in [6, 6.07) is 7.52. The van der Waals surface area contributed by atoms with Gasteiger partial charge in [-0.1, -0.05) is 18.7 Å². The van der Waals surface area contributed by atoms with Crippen molar-refractivity contribution in [2.75, 3.05) is 16.9 Å². The topological polar surface area (TPSA) is 29.1 Å². The molecule has 0 saturated carbocycles. The molecule has 0 bridgehead atoms. The molecule has 0 saturated heterocycles. The van der Waals surface area contributed by atoms with Crippen LogP contribution in [0.4, 0.5) is 5.69 Å².